The Bertz CT molecular complexity index is 295. The fourth-order valence-electron chi connectivity index (χ4n) is 4.20. The van der Waals surface area contributed by atoms with Crippen LogP contribution in [0.2, 0.25) is 0 Å². The van der Waals surface area contributed by atoms with E-state index in [2.05, 4.69) is 41.2 Å². The zero-order chi connectivity index (χ0) is 13.4. The summed E-state index contributed by atoms with van der Waals surface area (Å²) in [5.74, 6) is 0. The van der Waals surface area contributed by atoms with Gasteiger partial charge < -0.3 is 15.1 Å². The summed E-state index contributed by atoms with van der Waals surface area (Å²) in [4.78, 5) is 7.61. The molecule has 0 aromatic heterocycles. The van der Waals surface area contributed by atoms with Gasteiger partial charge in [0.05, 0.1) is 0 Å². The molecule has 1 N–H and O–H groups in total. The van der Waals surface area contributed by atoms with Crippen molar-refractivity contribution >= 4 is 0 Å². The predicted octanol–water partition coefficient (Wildman–Crippen LogP) is 0.447. The van der Waals surface area contributed by atoms with Crippen molar-refractivity contribution in [3.63, 3.8) is 0 Å². The van der Waals surface area contributed by atoms with Crippen LogP contribution in [0.25, 0.3) is 0 Å². The van der Waals surface area contributed by atoms with E-state index in [0.29, 0.717) is 6.04 Å². The van der Waals surface area contributed by atoms with E-state index in [-0.39, 0.29) is 0 Å². The van der Waals surface area contributed by atoms with Crippen molar-refractivity contribution in [1.29, 1.82) is 0 Å². The van der Waals surface area contributed by atoms with E-state index < -0.39 is 0 Å². The van der Waals surface area contributed by atoms with Crippen LogP contribution in [-0.2, 0) is 0 Å². The maximum atomic E-state index is 3.87. The van der Waals surface area contributed by atoms with Crippen LogP contribution in [0, 0.1) is 0 Å². The van der Waals surface area contributed by atoms with Gasteiger partial charge in [-0.2, -0.15) is 0 Å². The van der Waals surface area contributed by atoms with Crippen LogP contribution in [0.1, 0.15) is 25.7 Å². The first-order chi connectivity index (χ1) is 9.13. The van der Waals surface area contributed by atoms with Gasteiger partial charge in [0.2, 0.25) is 0 Å². The van der Waals surface area contributed by atoms with Gasteiger partial charge >= 0.3 is 0 Å². The Morgan fingerprint density at radius 1 is 1.00 bits per heavy atom. The fraction of sp³-hybridized carbons (Fsp3) is 1.00. The summed E-state index contributed by atoms with van der Waals surface area (Å²) in [6, 6.07) is 3.15. The lowest BCUT2D eigenvalue weighted by Crippen LogP contribution is -2.56. The van der Waals surface area contributed by atoms with E-state index in [0.717, 1.165) is 24.7 Å². The van der Waals surface area contributed by atoms with Gasteiger partial charge in [-0.15, -0.1) is 0 Å². The third-order valence-electron chi connectivity index (χ3n) is 5.72. The molecule has 0 aromatic rings. The second-order valence-electron chi connectivity index (χ2n) is 7.02. The Morgan fingerprint density at radius 2 is 1.68 bits per heavy atom. The molecule has 3 unspecified atom stereocenters. The summed E-state index contributed by atoms with van der Waals surface area (Å²) >= 11 is 0. The molecular weight excluding hydrogens is 236 g/mol. The average Bonchev–Trinajstić information content (AvgIpc) is 2.63. The standard InChI is InChI=1S/C15H30N4/c1-17-6-7-18(2)15(11-17)10-16-12-8-13-4-5-14(9-12)19(13)3/h12-16H,4-11H2,1-3H3. The van der Waals surface area contributed by atoms with Gasteiger partial charge in [0, 0.05) is 50.3 Å². The summed E-state index contributed by atoms with van der Waals surface area (Å²) in [6.45, 7) is 4.80. The normalized spacial score (nSPS) is 41.8. The Kier molecular flexibility index (Phi) is 4.13. The Labute approximate surface area is 118 Å². The first kappa shape index (κ1) is 13.8. The molecule has 0 spiro atoms. The minimum atomic E-state index is 0.691. The van der Waals surface area contributed by atoms with Gasteiger partial charge in [-0.05, 0) is 46.8 Å². The van der Waals surface area contributed by atoms with Gasteiger partial charge in [0.15, 0.2) is 0 Å². The summed E-state index contributed by atoms with van der Waals surface area (Å²) in [7, 11) is 6.84. The maximum Gasteiger partial charge on any atom is 0.0345 e. The molecule has 0 amide bonds. The molecule has 0 radical (unpaired) electrons. The lowest BCUT2D eigenvalue weighted by atomic mass is 9.97. The number of fused-ring (bicyclic) bond motifs is 2. The number of nitrogens with one attached hydrogen (secondary N) is 1. The van der Waals surface area contributed by atoms with Crippen molar-refractivity contribution in [2.24, 2.45) is 0 Å². The molecule has 0 aliphatic carbocycles. The molecule has 3 aliphatic heterocycles. The lowest BCUT2D eigenvalue weighted by Gasteiger charge is -2.40. The summed E-state index contributed by atoms with van der Waals surface area (Å²) < 4.78 is 0. The van der Waals surface area contributed by atoms with Crippen molar-refractivity contribution in [3.8, 4) is 0 Å². The number of piperazine rings is 1. The molecule has 110 valence electrons. The van der Waals surface area contributed by atoms with Crippen LogP contribution >= 0.6 is 0 Å². The maximum absolute atomic E-state index is 3.87. The molecule has 4 heteroatoms. The highest BCUT2D eigenvalue weighted by Gasteiger charge is 2.38. The summed E-state index contributed by atoms with van der Waals surface area (Å²) in [5, 5.41) is 3.87. The minimum Gasteiger partial charge on any atom is -0.312 e. The molecule has 2 bridgehead atoms. The SMILES string of the molecule is CN1CCN(C)C(CNC2CC3CCC(C2)N3C)C1. The van der Waals surface area contributed by atoms with E-state index in [9.17, 15) is 0 Å². The molecule has 3 rings (SSSR count). The Balaban J connectivity index is 1.47. The first-order valence-electron chi connectivity index (χ1n) is 7.97. The number of hydrogen-bond donors (Lipinski definition) is 1. The molecule has 3 saturated heterocycles. The number of piperidine rings is 1. The quantitative estimate of drug-likeness (QED) is 0.800. The van der Waals surface area contributed by atoms with Crippen molar-refractivity contribution in [2.75, 3.05) is 47.3 Å². The average molecular weight is 266 g/mol. The third kappa shape index (κ3) is 2.97. The van der Waals surface area contributed by atoms with Crippen LogP contribution < -0.4 is 5.32 Å². The van der Waals surface area contributed by atoms with Crippen molar-refractivity contribution < 1.29 is 0 Å². The molecule has 19 heavy (non-hydrogen) atoms. The van der Waals surface area contributed by atoms with E-state index in [1.165, 1.54) is 45.3 Å². The molecule has 3 aliphatic rings. The molecule has 3 heterocycles. The van der Waals surface area contributed by atoms with Crippen molar-refractivity contribution in [1.82, 2.24) is 20.0 Å². The second-order valence-corrected chi connectivity index (χ2v) is 7.02. The molecule has 4 nitrogen and oxygen atoms in total. The van der Waals surface area contributed by atoms with E-state index in [4.69, 9.17) is 0 Å². The van der Waals surface area contributed by atoms with E-state index in [1.807, 2.05) is 0 Å². The molecule has 0 saturated carbocycles. The molecular formula is C15H30N4. The van der Waals surface area contributed by atoms with Gasteiger partial charge in [0.25, 0.3) is 0 Å². The number of hydrogen-bond acceptors (Lipinski definition) is 4. The number of rotatable bonds is 3. The fourth-order valence-corrected chi connectivity index (χ4v) is 4.20. The van der Waals surface area contributed by atoms with E-state index >= 15 is 0 Å². The monoisotopic (exact) mass is 266 g/mol. The Morgan fingerprint density at radius 3 is 2.37 bits per heavy atom. The zero-order valence-electron chi connectivity index (χ0n) is 12.8. The second kappa shape index (κ2) is 5.68. The smallest absolute Gasteiger partial charge is 0.0345 e. The van der Waals surface area contributed by atoms with Crippen LogP contribution in [0.5, 0.6) is 0 Å². The van der Waals surface area contributed by atoms with Gasteiger partial charge in [0.1, 0.15) is 0 Å². The zero-order valence-corrected chi connectivity index (χ0v) is 12.8. The van der Waals surface area contributed by atoms with Crippen molar-refractivity contribution in [3.05, 3.63) is 0 Å². The number of nitrogens with zero attached hydrogens (tertiary/aromatic N) is 3. The van der Waals surface area contributed by atoms with Crippen molar-refractivity contribution in [2.45, 2.75) is 49.9 Å². The largest absolute Gasteiger partial charge is 0.312 e. The van der Waals surface area contributed by atoms with Crippen LogP contribution in [0.3, 0.4) is 0 Å². The topological polar surface area (TPSA) is 21.8 Å². The van der Waals surface area contributed by atoms with E-state index in [1.54, 1.807) is 0 Å². The van der Waals surface area contributed by atoms with Crippen LogP contribution in [0.15, 0.2) is 0 Å². The predicted molar refractivity (Wildman–Crippen MR) is 79.5 cm³/mol. The van der Waals surface area contributed by atoms with Crippen LogP contribution in [-0.4, -0.2) is 86.2 Å². The molecule has 0 aromatic carbocycles. The number of likely N-dealkylation sites (N-methyl/N-ethyl adjacent to an activating group) is 2. The molecule has 3 fully saturated rings. The summed E-state index contributed by atoms with van der Waals surface area (Å²) in [5.41, 5.74) is 0. The highest BCUT2D eigenvalue weighted by molar-refractivity contribution is 4.96. The Hall–Kier alpha value is -0.160. The molecule has 3 atom stereocenters. The van der Waals surface area contributed by atoms with Gasteiger partial charge in [-0.1, -0.05) is 0 Å². The minimum absolute atomic E-state index is 0.691. The van der Waals surface area contributed by atoms with Gasteiger partial charge in [-0.3, -0.25) is 4.90 Å². The summed E-state index contributed by atoms with van der Waals surface area (Å²) in [6.07, 6.45) is 5.56. The highest BCUT2D eigenvalue weighted by atomic mass is 15.3. The first-order valence-corrected chi connectivity index (χ1v) is 7.97. The third-order valence-corrected chi connectivity index (χ3v) is 5.72. The van der Waals surface area contributed by atoms with Gasteiger partial charge in [-0.25, -0.2) is 0 Å². The lowest BCUT2D eigenvalue weighted by molar-refractivity contribution is 0.101. The van der Waals surface area contributed by atoms with Crippen LogP contribution in [0.4, 0.5) is 0 Å². The highest BCUT2D eigenvalue weighted by Crippen LogP contribution is 2.34.